The van der Waals surface area contributed by atoms with Gasteiger partial charge in [-0.25, -0.2) is 0 Å². The van der Waals surface area contributed by atoms with Crippen LogP contribution in [0, 0.1) is 0 Å². The molecule has 0 N–H and O–H groups in total. The standard InChI is InChI=1S/C16H18N2O2/c1-12(13-7-5-4-6-8-13)18(3)16(20)14-9-10-17(2)15(19)11-14/h4-12H,1-3H3. The van der Waals surface area contributed by atoms with Gasteiger partial charge in [-0.1, -0.05) is 30.3 Å². The Balaban J connectivity index is 2.24. The van der Waals surface area contributed by atoms with E-state index in [0.717, 1.165) is 5.56 Å². The largest absolute Gasteiger partial charge is 0.335 e. The van der Waals surface area contributed by atoms with Crippen LogP contribution in [0.2, 0.25) is 0 Å². The Morgan fingerprint density at radius 2 is 1.85 bits per heavy atom. The van der Waals surface area contributed by atoms with Crippen LogP contribution >= 0.6 is 0 Å². The normalized spacial score (nSPS) is 11.9. The lowest BCUT2D eigenvalue weighted by molar-refractivity contribution is 0.0742. The molecule has 0 fully saturated rings. The highest BCUT2D eigenvalue weighted by molar-refractivity contribution is 5.94. The van der Waals surface area contributed by atoms with E-state index in [1.165, 1.54) is 10.6 Å². The topological polar surface area (TPSA) is 42.3 Å². The summed E-state index contributed by atoms with van der Waals surface area (Å²) in [4.78, 5) is 25.6. The number of hydrogen-bond donors (Lipinski definition) is 0. The number of rotatable bonds is 3. The molecule has 20 heavy (non-hydrogen) atoms. The first-order valence-corrected chi connectivity index (χ1v) is 6.49. The summed E-state index contributed by atoms with van der Waals surface area (Å²) in [6.07, 6.45) is 1.61. The highest BCUT2D eigenvalue weighted by Gasteiger charge is 2.19. The van der Waals surface area contributed by atoms with Gasteiger partial charge in [0.15, 0.2) is 0 Å². The number of benzene rings is 1. The average Bonchev–Trinajstić information content (AvgIpc) is 2.48. The molecule has 104 valence electrons. The third kappa shape index (κ3) is 2.79. The third-order valence-electron chi connectivity index (χ3n) is 3.53. The highest BCUT2D eigenvalue weighted by atomic mass is 16.2. The fourth-order valence-corrected chi connectivity index (χ4v) is 2.02. The molecule has 1 amide bonds. The van der Waals surface area contributed by atoms with E-state index in [2.05, 4.69) is 0 Å². The molecule has 0 bridgehead atoms. The van der Waals surface area contributed by atoms with Crippen LogP contribution in [-0.2, 0) is 7.05 Å². The molecular weight excluding hydrogens is 252 g/mol. The first-order chi connectivity index (χ1) is 9.50. The molecule has 4 heteroatoms. The summed E-state index contributed by atoms with van der Waals surface area (Å²) < 4.78 is 1.44. The predicted octanol–water partition coefficient (Wildman–Crippen LogP) is 2.22. The van der Waals surface area contributed by atoms with E-state index in [1.54, 1.807) is 31.3 Å². The molecule has 0 aliphatic carbocycles. The van der Waals surface area contributed by atoms with E-state index >= 15 is 0 Å². The van der Waals surface area contributed by atoms with Crippen molar-refractivity contribution in [3.05, 3.63) is 70.1 Å². The Morgan fingerprint density at radius 1 is 1.20 bits per heavy atom. The number of aromatic nitrogens is 1. The summed E-state index contributed by atoms with van der Waals surface area (Å²) >= 11 is 0. The monoisotopic (exact) mass is 270 g/mol. The Hall–Kier alpha value is -2.36. The van der Waals surface area contributed by atoms with Crippen molar-refractivity contribution in [3.8, 4) is 0 Å². The van der Waals surface area contributed by atoms with Gasteiger partial charge in [-0.3, -0.25) is 9.59 Å². The number of aryl methyl sites for hydroxylation is 1. The molecule has 1 atom stereocenters. The Morgan fingerprint density at radius 3 is 2.45 bits per heavy atom. The second-order valence-electron chi connectivity index (χ2n) is 4.87. The van der Waals surface area contributed by atoms with E-state index in [-0.39, 0.29) is 17.5 Å². The van der Waals surface area contributed by atoms with Gasteiger partial charge < -0.3 is 9.47 Å². The lowest BCUT2D eigenvalue weighted by atomic mass is 10.1. The minimum atomic E-state index is -0.184. The van der Waals surface area contributed by atoms with Gasteiger partial charge in [0.2, 0.25) is 0 Å². The minimum Gasteiger partial charge on any atom is -0.335 e. The molecular formula is C16H18N2O2. The van der Waals surface area contributed by atoms with Gasteiger partial charge in [0.1, 0.15) is 0 Å². The molecule has 0 radical (unpaired) electrons. The van der Waals surface area contributed by atoms with Gasteiger partial charge >= 0.3 is 0 Å². The quantitative estimate of drug-likeness (QED) is 0.858. The molecule has 1 aromatic heterocycles. The average molecular weight is 270 g/mol. The minimum absolute atomic E-state index is 0.0484. The number of hydrogen-bond acceptors (Lipinski definition) is 2. The van der Waals surface area contributed by atoms with E-state index in [1.807, 2.05) is 37.3 Å². The Bertz CT molecular complexity index is 662. The summed E-state index contributed by atoms with van der Waals surface area (Å²) in [7, 11) is 3.41. The summed E-state index contributed by atoms with van der Waals surface area (Å²) in [5.74, 6) is -0.154. The van der Waals surface area contributed by atoms with Crippen LogP contribution in [0.25, 0.3) is 0 Å². The van der Waals surface area contributed by atoms with Gasteiger partial charge in [-0.05, 0) is 18.6 Å². The smallest absolute Gasteiger partial charge is 0.254 e. The lowest BCUT2D eigenvalue weighted by Crippen LogP contribution is -2.31. The first-order valence-electron chi connectivity index (χ1n) is 6.49. The highest BCUT2D eigenvalue weighted by Crippen LogP contribution is 2.19. The number of pyridine rings is 1. The fraction of sp³-hybridized carbons (Fsp3) is 0.250. The molecule has 1 aromatic carbocycles. The van der Waals surface area contributed by atoms with Crippen molar-refractivity contribution in [2.75, 3.05) is 7.05 Å². The zero-order valence-corrected chi connectivity index (χ0v) is 11.9. The molecule has 0 aliphatic rings. The van der Waals surface area contributed by atoms with E-state index in [4.69, 9.17) is 0 Å². The molecule has 2 aromatic rings. The molecule has 1 heterocycles. The van der Waals surface area contributed by atoms with Crippen LogP contribution in [0.3, 0.4) is 0 Å². The van der Waals surface area contributed by atoms with Crippen molar-refractivity contribution in [3.63, 3.8) is 0 Å². The van der Waals surface area contributed by atoms with E-state index < -0.39 is 0 Å². The maximum atomic E-state index is 12.4. The fourth-order valence-electron chi connectivity index (χ4n) is 2.02. The van der Waals surface area contributed by atoms with Crippen molar-refractivity contribution >= 4 is 5.91 Å². The van der Waals surface area contributed by atoms with Crippen LogP contribution in [0.15, 0.2) is 53.5 Å². The predicted molar refractivity (Wildman–Crippen MR) is 78.6 cm³/mol. The number of carbonyl (C=O) groups excluding carboxylic acids is 1. The van der Waals surface area contributed by atoms with Crippen molar-refractivity contribution in [2.24, 2.45) is 7.05 Å². The summed E-state index contributed by atoms with van der Waals surface area (Å²) in [6.45, 7) is 1.97. The zero-order chi connectivity index (χ0) is 14.7. The zero-order valence-electron chi connectivity index (χ0n) is 11.9. The van der Waals surface area contributed by atoms with Crippen LogP contribution in [0.1, 0.15) is 28.9 Å². The first kappa shape index (κ1) is 14.1. The molecule has 1 unspecified atom stereocenters. The summed E-state index contributed by atoms with van der Waals surface area (Å²) in [5, 5.41) is 0. The van der Waals surface area contributed by atoms with Crippen molar-refractivity contribution in [1.82, 2.24) is 9.47 Å². The number of carbonyl (C=O) groups is 1. The van der Waals surface area contributed by atoms with Crippen molar-refractivity contribution in [2.45, 2.75) is 13.0 Å². The third-order valence-corrected chi connectivity index (χ3v) is 3.53. The van der Waals surface area contributed by atoms with Gasteiger partial charge in [0.05, 0.1) is 6.04 Å². The van der Waals surface area contributed by atoms with Crippen LogP contribution < -0.4 is 5.56 Å². The molecule has 2 rings (SSSR count). The van der Waals surface area contributed by atoms with Gasteiger partial charge in [-0.15, -0.1) is 0 Å². The number of nitrogens with zero attached hydrogens (tertiary/aromatic N) is 2. The maximum absolute atomic E-state index is 12.4. The molecule has 0 aliphatic heterocycles. The lowest BCUT2D eigenvalue weighted by Gasteiger charge is -2.25. The van der Waals surface area contributed by atoms with Crippen LogP contribution in [-0.4, -0.2) is 22.4 Å². The maximum Gasteiger partial charge on any atom is 0.254 e. The van der Waals surface area contributed by atoms with Gasteiger partial charge in [0, 0.05) is 31.9 Å². The van der Waals surface area contributed by atoms with Gasteiger partial charge in [-0.2, -0.15) is 0 Å². The molecule has 4 nitrogen and oxygen atoms in total. The molecule has 0 saturated heterocycles. The second kappa shape index (κ2) is 5.74. The van der Waals surface area contributed by atoms with Crippen LogP contribution in [0.5, 0.6) is 0 Å². The number of amides is 1. The Labute approximate surface area is 118 Å². The molecule has 0 spiro atoms. The summed E-state index contributed by atoms with van der Waals surface area (Å²) in [5.41, 5.74) is 1.29. The van der Waals surface area contributed by atoms with E-state index in [0.29, 0.717) is 5.56 Å². The Kier molecular flexibility index (Phi) is 4.03. The summed E-state index contributed by atoms with van der Waals surface area (Å²) in [6, 6.07) is 12.8. The SMILES string of the molecule is CC(c1ccccc1)N(C)C(=O)c1ccn(C)c(=O)c1. The van der Waals surface area contributed by atoms with Crippen molar-refractivity contribution in [1.29, 1.82) is 0 Å². The van der Waals surface area contributed by atoms with Crippen molar-refractivity contribution < 1.29 is 4.79 Å². The van der Waals surface area contributed by atoms with Gasteiger partial charge in [0.25, 0.3) is 11.5 Å². The molecule has 0 saturated carbocycles. The van der Waals surface area contributed by atoms with E-state index in [9.17, 15) is 9.59 Å². The van der Waals surface area contributed by atoms with Crippen LogP contribution in [0.4, 0.5) is 0 Å². The second-order valence-corrected chi connectivity index (χ2v) is 4.87.